The summed E-state index contributed by atoms with van der Waals surface area (Å²) in [5.74, 6) is -0.416. The Bertz CT molecular complexity index is 482. The SMILES string of the molecule is CCC(C)(C#N)C(O)c1cccc(OC(F)(F)F)c1. The summed E-state index contributed by atoms with van der Waals surface area (Å²) in [6.07, 6.45) is -5.60. The lowest BCUT2D eigenvalue weighted by Gasteiger charge is -2.26. The van der Waals surface area contributed by atoms with Crippen LogP contribution in [0, 0.1) is 16.7 Å². The molecule has 0 spiro atoms. The predicted molar refractivity (Wildman–Crippen MR) is 62.1 cm³/mol. The van der Waals surface area contributed by atoms with Crippen LogP contribution < -0.4 is 4.74 Å². The fourth-order valence-corrected chi connectivity index (χ4v) is 1.58. The fourth-order valence-electron chi connectivity index (χ4n) is 1.58. The van der Waals surface area contributed by atoms with E-state index in [4.69, 9.17) is 5.26 Å². The summed E-state index contributed by atoms with van der Waals surface area (Å²) in [5, 5.41) is 19.2. The first-order chi connectivity index (χ1) is 8.72. The maximum Gasteiger partial charge on any atom is 0.573 e. The van der Waals surface area contributed by atoms with Crippen molar-refractivity contribution in [1.29, 1.82) is 5.26 Å². The number of nitriles is 1. The standard InChI is InChI=1S/C13H14F3NO2/c1-3-12(2,8-17)11(18)9-5-4-6-10(7-9)19-13(14,15)16/h4-7,11,18H,3H2,1-2H3. The number of aliphatic hydroxyl groups is 1. The first-order valence-corrected chi connectivity index (χ1v) is 5.67. The lowest BCUT2D eigenvalue weighted by atomic mass is 9.80. The van der Waals surface area contributed by atoms with Crippen LogP contribution in [0.2, 0.25) is 0 Å². The van der Waals surface area contributed by atoms with Gasteiger partial charge >= 0.3 is 6.36 Å². The lowest BCUT2D eigenvalue weighted by Crippen LogP contribution is -2.23. The lowest BCUT2D eigenvalue weighted by molar-refractivity contribution is -0.274. The maximum absolute atomic E-state index is 12.1. The molecule has 2 atom stereocenters. The van der Waals surface area contributed by atoms with Crippen molar-refractivity contribution in [2.45, 2.75) is 32.7 Å². The van der Waals surface area contributed by atoms with E-state index >= 15 is 0 Å². The average Bonchev–Trinajstić information content (AvgIpc) is 2.35. The topological polar surface area (TPSA) is 53.2 Å². The second-order valence-corrected chi connectivity index (χ2v) is 4.41. The molecule has 0 fully saturated rings. The van der Waals surface area contributed by atoms with Crippen molar-refractivity contribution in [2.24, 2.45) is 5.41 Å². The molecular formula is C13H14F3NO2. The van der Waals surface area contributed by atoms with Crippen molar-refractivity contribution in [1.82, 2.24) is 0 Å². The summed E-state index contributed by atoms with van der Waals surface area (Å²) >= 11 is 0. The van der Waals surface area contributed by atoms with Gasteiger partial charge in [-0.1, -0.05) is 19.1 Å². The molecule has 104 valence electrons. The molecule has 0 aliphatic heterocycles. The molecule has 6 heteroatoms. The van der Waals surface area contributed by atoms with Gasteiger partial charge in [0.15, 0.2) is 0 Å². The van der Waals surface area contributed by atoms with Crippen LogP contribution in [0.15, 0.2) is 24.3 Å². The molecule has 1 N–H and O–H groups in total. The third-order valence-electron chi connectivity index (χ3n) is 3.00. The molecule has 2 unspecified atom stereocenters. The zero-order valence-corrected chi connectivity index (χ0v) is 10.5. The third kappa shape index (κ3) is 3.86. The van der Waals surface area contributed by atoms with Crippen LogP contribution in [-0.2, 0) is 0 Å². The predicted octanol–water partition coefficient (Wildman–Crippen LogP) is 3.56. The molecule has 0 bridgehead atoms. The number of hydrogen-bond acceptors (Lipinski definition) is 3. The molecule has 1 rings (SSSR count). The molecular weight excluding hydrogens is 259 g/mol. The van der Waals surface area contributed by atoms with Gasteiger partial charge in [0.05, 0.1) is 17.6 Å². The van der Waals surface area contributed by atoms with E-state index in [9.17, 15) is 18.3 Å². The highest BCUT2D eigenvalue weighted by Gasteiger charge is 2.34. The Morgan fingerprint density at radius 3 is 2.53 bits per heavy atom. The summed E-state index contributed by atoms with van der Waals surface area (Å²) in [7, 11) is 0. The zero-order valence-electron chi connectivity index (χ0n) is 10.5. The minimum atomic E-state index is -4.78. The van der Waals surface area contributed by atoms with E-state index in [1.165, 1.54) is 12.1 Å². The number of ether oxygens (including phenoxy) is 1. The smallest absolute Gasteiger partial charge is 0.406 e. The Kier molecular flexibility index (Phi) is 4.43. The van der Waals surface area contributed by atoms with Crippen molar-refractivity contribution in [3.05, 3.63) is 29.8 Å². The van der Waals surface area contributed by atoms with E-state index in [1.807, 2.05) is 6.07 Å². The first kappa shape index (κ1) is 15.3. The second kappa shape index (κ2) is 5.49. The van der Waals surface area contributed by atoms with Crippen LogP contribution in [-0.4, -0.2) is 11.5 Å². The van der Waals surface area contributed by atoms with Gasteiger partial charge in [0.25, 0.3) is 0 Å². The quantitative estimate of drug-likeness (QED) is 0.912. The van der Waals surface area contributed by atoms with Gasteiger partial charge in [0, 0.05) is 0 Å². The molecule has 0 radical (unpaired) electrons. The monoisotopic (exact) mass is 273 g/mol. The number of aliphatic hydroxyl groups excluding tert-OH is 1. The highest BCUT2D eigenvalue weighted by molar-refractivity contribution is 5.32. The van der Waals surface area contributed by atoms with Crippen LogP contribution in [0.4, 0.5) is 13.2 Å². The number of nitrogens with zero attached hydrogens (tertiary/aromatic N) is 1. The van der Waals surface area contributed by atoms with Crippen molar-refractivity contribution in [3.63, 3.8) is 0 Å². The molecule has 1 aromatic rings. The average molecular weight is 273 g/mol. The van der Waals surface area contributed by atoms with Crippen molar-refractivity contribution in [3.8, 4) is 11.8 Å². The normalized spacial score (nSPS) is 16.3. The summed E-state index contributed by atoms with van der Waals surface area (Å²) in [4.78, 5) is 0. The summed E-state index contributed by atoms with van der Waals surface area (Å²) < 4.78 is 40.1. The van der Waals surface area contributed by atoms with Gasteiger partial charge in [0.1, 0.15) is 5.75 Å². The molecule has 1 aromatic carbocycles. The van der Waals surface area contributed by atoms with E-state index in [0.29, 0.717) is 6.42 Å². The Labute approximate surface area is 109 Å². The molecule has 0 amide bonds. The number of benzene rings is 1. The van der Waals surface area contributed by atoms with E-state index in [0.717, 1.165) is 12.1 Å². The van der Waals surface area contributed by atoms with E-state index in [2.05, 4.69) is 4.74 Å². The molecule has 0 aliphatic rings. The number of rotatable bonds is 4. The van der Waals surface area contributed by atoms with Crippen LogP contribution in [0.5, 0.6) is 5.75 Å². The molecule has 0 saturated heterocycles. The molecule has 19 heavy (non-hydrogen) atoms. The largest absolute Gasteiger partial charge is 0.573 e. The third-order valence-corrected chi connectivity index (χ3v) is 3.00. The second-order valence-electron chi connectivity index (χ2n) is 4.41. The van der Waals surface area contributed by atoms with Gasteiger partial charge in [-0.15, -0.1) is 13.2 Å². The van der Waals surface area contributed by atoms with Crippen LogP contribution >= 0.6 is 0 Å². The van der Waals surface area contributed by atoms with Crippen LogP contribution in [0.3, 0.4) is 0 Å². The van der Waals surface area contributed by atoms with Crippen molar-refractivity contribution < 1.29 is 23.0 Å². The van der Waals surface area contributed by atoms with Crippen molar-refractivity contribution in [2.75, 3.05) is 0 Å². The zero-order chi connectivity index (χ0) is 14.7. The van der Waals surface area contributed by atoms with Crippen molar-refractivity contribution >= 4 is 0 Å². The van der Waals surface area contributed by atoms with Gasteiger partial charge in [-0.3, -0.25) is 0 Å². The van der Waals surface area contributed by atoms with E-state index in [1.54, 1.807) is 13.8 Å². The molecule has 0 aromatic heterocycles. The van der Waals surface area contributed by atoms with Crippen LogP contribution in [0.1, 0.15) is 31.9 Å². The highest BCUT2D eigenvalue weighted by Crippen LogP contribution is 2.37. The van der Waals surface area contributed by atoms with Gasteiger partial charge in [-0.05, 0) is 31.0 Å². The highest BCUT2D eigenvalue weighted by atomic mass is 19.4. The summed E-state index contributed by atoms with van der Waals surface area (Å²) in [6.45, 7) is 3.28. The summed E-state index contributed by atoms with van der Waals surface area (Å²) in [6, 6.07) is 7.00. The van der Waals surface area contributed by atoms with Crippen LogP contribution in [0.25, 0.3) is 0 Å². The fraction of sp³-hybridized carbons (Fsp3) is 0.462. The number of hydrogen-bond donors (Lipinski definition) is 1. The van der Waals surface area contributed by atoms with Gasteiger partial charge in [-0.25, -0.2) is 0 Å². The molecule has 0 saturated carbocycles. The van der Waals surface area contributed by atoms with Gasteiger partial charge in [-0.2, -0.15) is 5.26 Å². The molecule has 0 heterocycles. The molecule has 3 nitrogen and oxygen atoms in total. The Hall–Kier alpha value is -1.74. The summed E-state index contributed by atoms with van der Waals surface area (Å²) in [5.41, 5.74) is -0.843. The Balaban J connectivity index is 3.03. The number of halogens is 3. The van der Waals surface area contributed by atoms with E-state index < -0.39 is 23.6 Å². The minimum absolute atomic E-state index is 0.215. The van der Waals surface area contributed by atoms with Gasteiger partial charge in [0.2, 0.25) is 0 Å². The Morgan fingerprint density at radius 2 is 2.05 bits per heavy atom. The first-order valence-electron chi connectivity index (χ1n) is 5.67. The molecule has 0 aliphatic carbocycles. The van der Waals surface area contributed by atoms with Gasteiger partial charge < -0.3 is 9.84 Å². The maximum atomic E-state index is 12.1. The minimum Gasteiger partial charge on any atom is -0.406 e. The number of alkyl halides is 3. The Morgan fingerprint density at radius 1 is 1.42 bits per heavy atom. The van der Waals surface area contributed by atoms with E-state index in [-0.39, 0.29) is 5.56 Å².